The summed E-state index contributed by atoms with van der Waals surface area (Å²) in [5.74, 6) is 0.869. The fraction of sp³-hybridized carbons (Fsp3) is 1.00. The summed E-state index contributed by atoms with van der Waals surface area (Å²) >= 11 is 0. The summed E-state index contributed by atoms with van der Waals surface area (Å²) in [6, 6.07) is 1.58. The topological polar surface area (TPSA) is 12.5 Å². The average Bonchev–Trinajstić information content (AvgIpc) is 2.48. The molecule has 16 heavy (non-hydrogen) atoms. The molecule has 3 aliphatic rings. The summed E-state index contributed by atoms with van der Waals surface area (Å²) in [6.07, 6.45) is 11.8. The van der Waals surface area contributed by atoms with E-state index in [1.807, 2.05) is 0 Å². The zero-order valence-electron chi connectivity index (χ0n) is 10.5. The van der Waals surface area contributed by atoms with Gasteiger partial charge in [-0.2, -0.15) is 0 Å². The zero-order valence-corrected chi connectivity index (χ0v) is 10.5. The van der Waals surface area contributed by atoms with Gasteiger partial charge in [-0.25, -0.2) is 0 Å². The Hall–Kier alpha value is -0.0800. The second kappa shape index (κ2) is 4.66. The molecule has 3 rings (SSSR count). The van der Waals surface area contributed by atoms with Gasteiger partial charge in [-0.3, -0.25) is 4.90 Å². The Morgan fingerprint density at radius 2 is 1.88 bits per heavy atom. The quantitative estimate of drug-likeness (QED) is 0.625. The van der Waals surface area contributed by atoms with Gasteiger partial charge in [0.25, 0.3) is 0 Å². The maximum Gasteiger partial charge on any atom is 0.0998 e. The van der Waals surface area contributed by atoms with Crippen molar-refractivity contribution < 1.29 is 4.74 Å². The summed E-state index contributed by atoms with van der Waals surface area (Å²) in [5.41, 5.74) is 0. The Morgan fingerprint density at radius 3 is 2.81 bits per heavy atom. The number of hydrogen-bond acceptors (Lipinski definition) is 2. The van der Waals surface area contributed by atoms with E-state index >= 15 is 0 Å². The molecule has 2 nitrogen and oxygen atoms in total. The van der Waals surface area contributed by atoms with E-state index in [1.54, 1.807) is 0 Å². The number of ether oxygens (including phenoxy) is 1. The van der Waals surface area contributed by atoms with Crippen molar-refractivity contribution in [2.45, 2.75) is 76.5 Å². The molecular formula is C14H25NO. The largest absolute Gasteiger partial charge is 0.363 e. The molecule has 0 amide bonds. The van der Waals surface area contributed by atoms with E-state index in [0.717, 1.165) is 24.7 Å². The molecule has 3 fully saturated rings. The molecule has 1 saturated carbocycles. The van der Waals surface area contributed by atoms with Crippen molar-refractivity contribution >= 4 is 0 Å². The van der Waals surface area contributed by atoms with Crippen molar-refractivity contribution in [3.63, 3.8) is 0 Å². The van der Waals surface area contributed by atoms with Gasteiger partial charge in [-0.05, 0) is 44.9 Å². The monoisotopic (exact) mass is 223 g/mol. The highest BCUT2D eigenvalue weighted by atomic mass is 16.5. The molecule has 0 aromatic rings. The Bertz CT molecular complexity index is 243. The molecule has 4 unspecified atom stereocenters. The molecule has 2 heteroatoms. The molecule has 0 spiro atoms. The molecule has 2 heterocycles. The van der Waals surface area contributed by atoms with Crippen molar-refractivity contribution in [2.24, 2.45) is 5.92 Å². The average molecular weight is 223 g/mol. The maximum absolute atomic E-state index is 6.17. The first kappa shape index (κ1) is 11.0. The first-order valence-electron chi connectivity index (χ1n) is 7.22. The van der Waals surface area contributed by atoms with E-state index in [0.29, 0.717) is 6.10 Å². The van der Waals surface area contributed by atoms with Crippen LogP contribution in [0.3, 0.4) is 0 Å². The van der Waals surface area contributed by atoms with Gasteiger partial charge in [0.1, 0.15) is 0 Å². The molecule has 1 aliphatic carbocycles. The standard InChI is InChI=1S/C14H25NO/c1-11-5-4-7-13-9-12-6-2-3-8-14(12)16-10-15(11)13/h11-14H,2-10H2,1H3. The van der Waals surface area contributed by atoms with E-state index in [1.165, 1.54) is 51.4 Å². The van der Waals surface area contributed by atoms with Crippen LogP contribution in [0.2, 0.25) is 0 Å². The van der Waals surface area contributed by atoms with Crippen molar-refractivity contribution in [3.05, 3.63) is 0 Å². The highest BCUT2D eigenvalue weighted by Crippen LogP contribution is 2.37. The highest BCUT2D eigenvalue weighted by Gasteiger charge is 2.37. The summed E-state index contributed by atoms with van der Waals surface area (Å²) in [6.45, 7) is 3.29. The van der Waals surface area contributed by atoms with E-state index in [2.05, 4.69) is 11.8 Å². The maximum atomic E-state index is 6.17. The number of fused-ring (bicyclic) bond motifs is 2. The van der Waals surface area contributed by atoms with Crippen LogP contribution < -0.4 is 0 Å². The second-order valence-electron chi connectivity index (χ2n) is 6.06. The molecule has 0 N–H and O–H groups in total. The molecule has 0 aromatic carbocycles. The van der Waals surface area contributed by atoms with Crippen LogP contribution >= 0.6 is 0 Å². The first-order valence-corrected chi connectivity index (χ1v) is 7.22. The van der Waals surface area contributed by atoms with Crippen molar-refractivity contribution in [1.82, 2.24) is 4.90 Å². The Kier molecular flexibility index (Phi) is 3.21. The molecular weight excluding hydrogens is 198 g/mol. The molecule has 4 atom stereocenters. The van der Waals surface area contributed by atoms with E-state index in [4.69, 9.17) is 4.74 Å². The second-order valence-corrected chi connectivity index (χ2v) is 6.06. The fourth-order valence-electron chi connectivity index (χ4n) is 4.02. The SMILES string of the molecule is CC1CCCC2CC3CCCCC3OCN12. The van der Waals surface area contributed by atoms with Gasteiger partial charge in [0.2, 0.25) is 0 Å². The lowest BCUT2D eigenvalue weighted by atomic mass is 9.80. The van der Waals surface area contributed by atoms with Crippen molar-refractivity contribution in [2.75, 3.05) is 6.73 Å². The third kappa shape index (κ3) is 2.02. The van der Waals surface area contributed by atoms with Gasteiger partial charge >= 0.3 is 0 Å². The predicted molar refractivity (Wildman–Crippen MR) is 65.3 cm³/mol. The van der Waals surface area contributed by atoms with Crippen LogP contribution in [-0.4, -0.2) is 29.8 Å². The lowest BCUT2D eigenvalue weighted by Gasteiger charge is -2.39. The Labute approximate surface area is 99.3 Å². The van der Waals surface area contributed by atoms with Crippen LogP contribution in [-0.2, 0) is 4.74 Å². The fourth-order valence-corrected chi connectivity index (χ4v) is 4.02. The molecule has 92 valence electrons. The van der Waals surface area contributed by atoms with Crippen LogP contribution in [0, 0.1) is 5.92 Å². The van der Waals surface area contributed by atoms with Gasteiger partial charge in [0, 0.05) is 12.1 Å². The normalized spacial score (nSPS) is 45.6. The van der Waals surface area contributed by atoms with Crippen LogP contribution in [0.15, 0.2) is 0 Å². The molecule has 2 saturated heterocycles. The minimum Gasteiger partial charge on any atom is -0.363 e. The van der Waals surface area contributed by atoms with Gasteiger partial charge in [0.15, 0.2) is 0 Å². The summed E-state index contributed by atoms with van der Waals surface area (Å²) in [4.78, 5) is 2.64. The molecule has 2 aliphatic heterocycles. The van der Waals surface area contributed by atoms with Gasteiger partial charge in [-0.15, -0.1) is 0 Å². The highest BCUT2D eigenvalue weighted by molar-refractivity contribution is 4.88. The minimum absolute atomic E-state index is 0.589. The summed E-state index contributed by atoms with van der Waals surface area (Å²) < 4.78 is 6.17. The third-order valence-electron chi connectivity index (χ3n) is 5.05. The van der Waals surface area contributed by atoms with Crippen molar-refractivity contribution in [1.29, 1.82) is 0 Å². The Balaban J connectivity index is 1.72. The number of hydrogen-bond donors (Lipinski definition) is 0. The van der Waals surface area contributed by atoms with Crippen LogP contribution in [0.1, 0.15) is 58.3 Å². The van der Waals surface area contributed by atoms with Crippen LogP contribution in [0.25, 0.3) is 0 Å². The van der Waals surface area contributed by atoms with Gasteiger partial charge < -0.3 is 4.74 Å². The Morgan fingerprint density at radius 1 is 1.00 bits per heavy atom. The van der Waals surface area contributed by atoms with Gasteiger partial charge in [0.05, 0.1) is 12.8 Å². The van der Waals surface area contributed by atoms with Crippen LogP contribution in [0.5, 0.6) is 0 Å². The summed E-state index contributed by atoms with van der Waals surface area (Å²) in [7, 11) is 0. The molecule has 0 aromatic heterocycles. The zero-order chi connectivity index (χ0) is 11.0. The van der Waals surface area contributed by atoms with E-state index < -0.39 is 0 Å². The molecule has 0 radical (unpaired) electrons. The van der Waals surface area contributed by atoms with E-state index in [9.17, 15) is 0 Å². The van der Waals surface area contributed by atoms with Crippen LogP contribution in [0.4, 0.5) is 0 Å². The first-order chi connectivity index (χ1) is 7.84. The smallest absolute Gasteiger partial charge is 0.0998 e. The predicted octanol–water partition coefficient (Wildman–Crippen LogP) is 3.17. The number of piperidine rings is 1. The minimum atomic E-state index is 0.589. The number of nitrogens with zero attached hydrogens (tertiary/aromatic N) is 1. The van der Waals surface area contributed by atoms with Crippen molar-refractivity contribution in [3.8, 4) is 0 Å². The van der Waals surface area contributed by atoms with E-state index in [-0.39, 0.29) is 0 Å². The molecule has 0 bridgehead atoms. The lowest BCUT2D eigenvalue weighted by molar-refractivity contribution is -0.0600. The number of rotatable bonds is 0. The third-order valence-corrected chi connectivity index (χ3v) is 5.05. The lowest BCUT2D eigenvalue weighted by Crippen LogP contribution is -2.45. The summed E-state index contributed by atoms with van der Waals surface area (Å²) in [5, 5.41) is 0. The van der Waals surface area contributed by atoms with Gasteiger partial charge in [-0.1, -0.05) is 19.3 Å².